The normalized spacial score (nSPS) is 15.3. The lowest BCUT2D eigenvalue weighted by molar-refractivity contribution is 0.238. The topological polar surface area (TPSA) is 49.8 Å². The fraction of sp³-hybridized carbons (Fsp3) is 0.412. The molecule has 122 valence electrons. The third-order valence-electron chi connectivity index (χ3n) is 3.75. The van der Waals surface area contributed by atoms with Gasteiger partial charge in [-0.2, -0.15) is 5.10 Å². The summed E-state index contributed by atoms with van der Waals surface area (Å²) in [6.45, 7) is 6.15. The maximum Gasteiger partial charge on any atom is 0.203 e. The van der Waals surface area contributed by atoms with Crippen LogP contribution < -0.4 is 10.2 Å². The number of anilines is 1. The van der Waals surface area contributed by atoms with Gasteiger partial charge < -0.3 is 4.74 Å². The molecule has 1 fully saturated rings. The molecule has 2 aromatic rings. The van der Waals surface area contributed by atoms with Crippen LogP contribution in [0.15, 0.2) is 34.7 Å². The molecule has 3 rings (SSSR count). The first kappa shape index (κ1) is 16.0. The molecule has 0 saturated carbocycles. The zero-order chi connectivity index (χ0) is 15.9. The van der Waals surface area contributed by atoms with Crippen LogP contribution in [0.25, 0.3) is 0 Å². The van der Waals surface area contributed by atoms with Gasteiger partial charge in [-0.25, -0.2) is 4.98 Å². The number of nitrogens with one attached hydrogen (secondary N) is 1. The summed E-state index contributed by atoms with van der Waals surface area (Å²) in [6.07, 6.45) is 4.43. The van der Waals surface area contributed by atoms with Gasteiger partial charge in [-0.05, 0) is 62.7 Å². The molecule has 5 nitrogen and oxygen atoms in total. The standard InChI is InChI=1S/C17H22N4OS/c1-14-13-23-17(19-14)20-18-12-15-4-6-16(7-5-15)22-11-10-21-8-2-3-9-21/h4-7,12-13H,2-3,8-11H2,1H3,(H,19,20). The molecule has 6 heteroatoms. The molecule has 0 aliphatic carbocycles. The van der Waals surface area contributed by atoms with Crippen molar-refractivity contribution in [2.75, 3.05) is 31.7 Å². The highest BCUT2D eigenvalue weighted by Gasteiger charge is 2.10. The van der Waals surface area contributed by atoms with Gasteiger partial charge in [-0.15, -0.1) is 11.3 Å². The number of likely N-dealkylation sites (tertiary alicyclic amines) is 1. The van der Waals surface area contributed by atoms with E-state index in [9.17, 15) is 0 Å². The summed E-state index contributed by atoms with van der Waals surface area (Å²) in [7, 11) is 0. The Morgan fingerprint density at radius 2 is 2.09 bits per heavy atom. The first-order valence-electron chi connectivity index (χ1n) is 7.96. The van der Waals surface area contributed by atoms with Gasteiger partial charge in [0.2, 0.25) is 5.13 Å². The average molecular weight is 330 g/mol. The van der Waals surface area contributed by atoms with Crippen LogP contribution in [0.5, 0.6) is 5.75 Å². The van der Waals surface area contributed by atoms with Crippen LogP contribution in [-0.4, -0.2) is 42.3 Å². The van der Waals surface area contributed by atoms with E-state index in [1.807, 2.05) is 36.6 Å². The van der Waals surface area contributed by atoms with Gasteiger partial charge >= 0.3 is 0 Å². The van der Waals surface area contributed by atoms with Crippen molar-refractivity contribution < 1.29 is 4.74 Å². The predicted molar refractivity (Wildman–Crippen MR) is 95.7 cm³/mol. The average Bonchev–Trinajstić information content (AvgIpc) is 3.21. The number of aromatic nitrogens is 1. The summed E-state index contributed by atoms with van der Waals surface area (Å²) >= 11 is 1.55. The molecule has 1 aliphatic rings. The smallest absolute Gasteiger partial charge is 0.203 e. The van der Waals surface area contributed by atoms with Crippen LogP contribution in [0.4, 0.5) is 5.13 Å². The Morgan fingerprint density at radius 3 is 2.78 bits per heavy atom. The number of rotatable bonds is 7. The minimum atomic E-state index is 0.748. The molecule has 1 saturated heterocycles. The summed E-state index contributed by atoms with van der Waals surface area (Å²) in [5.74, 6) is 0.907. The maximum atomic E-state index is 5.79. The monoisotopic (exact) mass is 330 g/mol. The number of hydrazone groups is 1. The molecule has 0 atom stereocenters. The lowest BCUT2D eigenvalue weighted by Gasteiger charge is -2.14. The van der Waals surface area contributed by atoms with Crippen molar-refractivity contribution in [2.24, 2.45) is 5.10 Å². The molecule has 23 heavy (non-hydrogen) atoms. The van der Waals surface area contributed by atoms with Gasteiger partial charge in [-0.1, -0.05) is 0 Å². The minimum Gasteiger partial charge on any atom is -0.492 e. The van der Waals surface area contributed by atoms with Crippen molar-refractivity contribution in [1.29, 1.82) is 0 Å². The summed E-state index contributed by atoms with van der Waals surface area (Å²) in [5, 5.41) is 6.99. The molecular formula is C17H22N4OS. The Labute approximate surface area is 141 Å². The molecule has 1 aromatic heterocycles. The van der Waals surface area contributed by atoms with E-state index in [1.165, 1.54) is 25.9 Å². The van der Waals surface area contributed by atoms with E-state index in [2.05, 4.69) is 20.4 Å². The van der Waals surface area contributed by atoms with E-state index in [1.54, 1.807) is 17.6 Å². The van der Waals surface area contributed by atoms with Gasteiger partial charge in [0.25, 0.3) is 0 Å². The van der Waals surface area contributed by atoms with Crippen LogP contribution in [0, 0.1) is 6.92 Å². The molecule has 0 radical (unpaired) electrons. The third-order valence-corrected chi connectivity index (χ3v) is 4.61. The van der Waals surface area contributed by atoms with E-state index in [4.69, 9.17) is 4.74 Å². The molecule has 1 aromatic carbocycles. The first-order valence-corrected chi connectivity index (χ1v) is 8.84. The van der Waals surface area contributed by atoms with Crippen LogP contribution in [0.3, 0.4) is 0 Å². The lowest BCUT2D eigenvalue weighted by Crippen LogP contribution is -2.25. The maximum absolute atomic E-state index is 5.79. The van der Waals surface area contributed by atoms with E-state index in [0.29, 0.717) is 0 Å². The molecule has 1 aliphatic heterocycles. The molecule has 0 spiro atoms. The fourth-order valence-electron chi connectivity index (χ4n) is 2.52. The predicted octanol–water partition coefficient (Wildman–Crippen LogP) is 3.37. The number of hydrogen-bond acceptors (Lipinski definition) is 6. The number of thiazole rings is 1. The van der Waals surface area contributed by atoms with E-state index in [0.717, 1.165) is 35.3 Å². The molecule has 1 N–H and O–H groups in total. The molecular weight excluding hydrogens is 308 g/mol. The fourth-order valence-corrected chi connectivity index (χ4v) is 3.15. The second-order valence-electron chi connectivity index (χ2n) is 5.63. The van der Waals surface area contributed by atoms with Gasteiger partial charge in [0, 0.05) is 11.9 Å². The quantitative estimate of drug-likeness (QED) is 0.625. The highest BCUT2D eigenvalue weighted by atomic mass is 32.1. The number of aryl methyl sites for hydroxylation is 1. The zero-order valence-electron chi connectivity index (χ0n) is 13.4. The van der Waals surface area contributed by atoms with Crippen molar-refractivity contribution >= 4 is 22.7 Å². The highest BCUT2D eigenvalue weighted by Crippen LogP contribution is 2.15. The van der Waals surface area contributed by atoms with Gasteiger partial charge in [0.1, 0.15) is 12.4 Å². The van der Waals surface area contributed by atoms with E-state index < -0.39 is 0 Å². The van der Waals surface area contributed by atoms with Gasteiger partial charge in [0.05, 0.1) is 11.9 Å². The van der Waals surface area contributed by atoms with Crippen molar-refractivity contribution in [2.45, 2.75) is 19.8 Å². The molecule has 0 bridgehead atoms. The number of hydrogen-bond donors (Lipinski definition) is 1. The number of benzene rings is 1. The number of nitrogens with zero attached hydrogens (tertiary/aromatic N) is 3. The third kappa shape index (κ3) is 5.04. The summed E-state index contributed by atoms with van der Waals surface area (Å²) in [4.78, 5) is 6.74. The second kappa shape index (κ2) is 8.08. The zero-order valence-corrected chi connectivity index (χ0v) is 14.2. The van der Waals surface area contributed by atoms with E-state index >= 15 is 0 Å². The van der Waals surface area contributed by atoms with Crippen molar-refractivity contribution in [1.82, 2.24) is 9.88 Å². The first-order chi connectivity index (χ1) is 11.3. The minimum absolute atomic E-state index is 0.748. The Balaban J connectivity index is 1.42. The van der Waals surface area contributed by atoms with Crippen LogP contribution >= 0.6 is 11.3 Å². The Bertz CT molecular complexity index is 632. The molecule has 0 amide bonds. The summed E-state index contributed by atoms with van der Waals surface area (Å²) in [6, 6.07) is 7.98. The van der Waals surface area contributed by atoms with Gasteiger partial charge in [0.15, 0.2) is 0 Å². The van der Waals surface area contributed by atoms with Crippen LogP contribution in [0.1, 0.15) is 24.1 Å². The SMILES string of the molecule is Cc1csc(NN=Cc2ccc(OCCN3CCCC3)cc2)n1. The number of ether oxygens (including phenoxy) is 1. The summed E-state index contributed by atoms with van der Waals surface area (Å²) in [5.41, 5.74) is 4.96. The van der Waals surface area contributed by atoms with Crippen molar-refractivity contribution in [3.05, 3.63) is 40.9 Å². The second-order valence-corrected chi connectivity index (χ2v) is 6.49. The highest BCUT2D eigenvalue weighted by molar-refractivity contribution is 7.13. The van der Waals surface area contributed by atoms with Crippen LogP contribution in [0.2, 0.25) is 0 Å². The molecule has 2 heterocycles. The van der Waals surface area contributed by atoms with E-state index in [-0.39, 0.29) is 0 Å². The Kier molecular flexibility index (Phi) is 5.60. The lowest BCUT2D eigenvalue weighted by atomic mass is 10.2. The van der Waals surface area contributed by atoms with Gasteiger partial charge in [-0.3, -0.25) is 10.3 Å². The molecule has 0 unspecified atom stereocenters. The van der Waals surface area contributed by atoms with Crippen molar-refractivity contribution in [3.63, 3.8) is 0 Å². The summed E-state index contributed by atoms with van der Waals surface area (Å²) < 4.78 is 5.79. The largest absolute Gasteiger partial charge is 0.492 e. The van der Waals surface area contributed by atoms with Crippen molar-refractivity contribution in [3.8, 4) is 5.75 Å². The Hall–Kier alpha value is -1.92. The van der Waals surface area contributed by atoms with Crippen LogP contribution in [-0.2, 0) is 0 Å². The Morgan fingerprint density at radius 1 is 1.30 bits per heavy atom.